The highest BCUT2D eigenvalue weighted by Gasteiger charge is 1.99. The first-order valence-electron chi connectivity index (χ1n) is 3.38. The first-order chi connectivity index (χ1) is 4.63. The fourth-order valence-corrected chi connectivity index (χ4v) is 0.942. The molecule has 4 N–H and O–H groups in total. The summed E-state index contributed by atoms with van der Waals surface area (Å²) in [5.41, 5.74) is 3.40. The second-order valence-corrected chi connectivity index (χ2v) is 2.65. The van der Waals surface area contributed by atoms with Gasteiger partial charge in [-0.15, -0.1) is 0 Å². The number of aryl methyl sites for hydroxylation is 1. The Kier molecular flexibility index (Phi) is 3.08. The molecule has 0 aromatic heterocycles. The van der Waals surface area contributed by atoms with E-state index in [1.807, 2.05) is 26.8 Å². The molecule has 2 heteroatoms. The van der Waals surface area contributed by atoms with Gasteiger partial charge in [0.15, 0.2) is 0 Å². The molecule has 0 saturated heterocycles. The predicted molar refractivity (Wildman–Crippen MR) is 47.3 cm³/mol. The van der Waals surface area contributed by atoms with Crippen LogP contribution >= 0.6 is 0 Å². The van der Waals surface area contributed by atoms with Crippen LogP contribution in [-0.4, -0.2) is 5.11 Å². The maximum atomic E-state index is 9.22. The van der Waals surface area contributed by atoms with Gasteiger partial charge in [0, 0.05) is 0 Å². The van der Waals surface area contributed by atoms with Crippen molar-refractivity contribution in [3.63, 3.8) is 0 Å². The van der Waals surface area contributed by atoms with Crippen molar-refractivity contribution in [2.45, 2.75) is 20.8 Å². The third-order valence-electron chi connectivity index (χ3n) is 2.03. The van der Waals surface area contributed by atoms with Crippen molar-refractivity contribution in [2.24, 2.45) is 0 Å². The van der Waals surface area contributed by atoms with Gasteiger partial charge in [-0.05, 0) is 43.5 Å². The summed E-state index contributed by atoms with van der Waals surface area (Å²) >= 11 is 0. The van der Waals surface area contributed by atoms with Crippen LogP contribution in [0.5, 0.6) is 5.75 Å². The third-order valence-corrected chi connectivity index (χ3v) is 2.03. The van der Waals surface area contributed by atoms with E-state index in [2.05, 4.69) is 0 Å². The molecule has 0 fully saturated rings. The van der Waals surface area contributed by atoms with Crippen LogP contribution < -0.4 is 6.15 Å². The van der Waals surface area contributed by atoms with Gasteiger partial charge in [-0.2, -0.15) is 0 Å². The van der Waals surface area contributed by atoms with Crippen LogP contribution in [0.25, 0.3) is 0 Å². The maximum absolute atomic E-state index is 9.22. The Morgan fingerprint density at radius 3 is 2.00 bits per heavy atom. The van der Waals surface area contributed by atoms with Crippen molar-refractivity contribution in [3.05, 3.63) is 28.8 Å². The molecule has 0 radical (unpaired) electrons. The summed E-state index contributed by atoms with van der Waals surface area (Å²) in [5, 5.41) is 9.22. The zero-order chi connectivity index (χ0) is 7.72. The van der Waals surface area contributed by atoms with Gasteiger partial charge < -0.3 is 11.3 Å². The van der Waals surface area contributed by atoms with E-state index in [0.29, 0.717) is 5.75 Å². The van der Waals surface area contributed by atoms with Gasteiger partial charge in [-0.25, -0.2) is 0 Å². The fourth-order valence-electron chi connectivity index (χ4n) is 0.942. The Balaban J connectivity index is 0.000001000. The molecular formula is C9H15NO. The lowest BCUT2D eigenvalue weighted by molar-refractivity contribution is 0.470. The summed E-state index contributed by atoms with van der Waals surface area (Å²) in [7, 11) is 0. The van der Waals surface area contributed by atoms with Crippen molar-refractivity contribution in [2.75, 3.05) is 0 Å². The van der Waals surface area contributed by atoms with Gasteiger partial charge in [0.25, 0.3) is 0 Å². The SMILES string of the molecule is Cc1ccc(O)c(C)c1C.N. The summed E-state index contributed by atoms with van der Waals surface area (Å²) < 4.78 is 0. The van der Waals surface area contributed by atoms with Crippen molar-refractivity contribution in [1.82, 2.24) is 6.15 Å². The molecule has 0 aliphatic rings. The molecule has 0 aliphatic carbocycles. The Bertz CT molecular complexity index is 229. The van der Waals surface area contributed by atoms with E-state index >= 15 is 0 Å². The molecule has 0 aliphatic heterocycles. The van der Waals surface area contributed by atoms with Crippen LogP contribution in [0.1, 0.15) is 16.7 Å². The first-order valence-corrected chi connectivity index (χ1v) is 3.38. The average molecular weight is 153 g/mol. The second-order valence-electron chi connectivity index (χ2n) is 2.65. The zero-order valence-corrected chi connectivity index (χ0v) is 7.31. The molecule has 0 saturated carbocycles. The number of hydrogen-bond acceptors (Lipinski definition) is 2. The minimum atomic E-state index is 0. The van der Waals surface area contributed by atoms with E-state index < -0.39 is 0 Å². The van der Waals surface area contributed by atoms with Crippen molar-refractivity contribution in [1.29, 1.82) is 0 Å². The largest absolute Gasteiger partial charge is 0.508 e. The quantitative estimate of drug-likeness (QED) is 0.601. The van der Waals surface area contributed by atoms with Crippen LogP contribution in [0.2, 0.25) is 0 Å². The fraction of sp³-hybridized carbons (Fsp3) is 0.333. The molecule has 11 heavy (non-hydrogen) atoms. The summed E-state index contributed by atoms with van der Waals surface area (Å²) in [5.74, 6) is 0.392. The van der Waals surface area contributed by atoms with E-state index in [4.69, 9.17) is 0 Å². The molecule has 0 amide bonds. The van der Waals surface area contributed by atoms with Crippen LogP contribution in [0, 0.1) is 20.8 Å². The molecule has 0 atom stereocenters. The number of hydrogen-bond donors (Lipinski definition) is 2. The van der Waals surface area contributed by atoms with E-state index in [-0.39, 0.29) is 6.15 Å². The monoisotopic (exact) mass is 153 g/mol. The molecule has 0 unspecified atom stereocenters. The Labute approximate surface area is 67.5 Å². The highest BCUT2D eigenvalue weighted by atomic mass is 16.3. The molecule has 1 aromatic carbocycles. The minimum absolute atomic E-state index is 0. The molecule has 1 rings (SSSR count). The lowest BCUT2D eigenvalue weighted by Crippen LogP contribution is -1.85. The predicted octanol–water partition coefficient (Wildman–Crippen LogP) is 2.48. The van der Waals surface area contributed by atoms with Gasteiger partial charge in [0.1, 0.15) is 5.75 Å². The molecule has 0 heterocycles. The summed E-state index contributed by atoms with van der Waals surface area (Å²) in [6, 6.07) is 3.66. The van der Waals surface area contributed by atoms with Crippen LogP contribution in [0.4, 0.5) is 0 Å². The highest BCUT2D eigenvalue weighted by molar-refractivity contribution is 5.41. The highest BCUT2D eigenvalue weighted by Crippen LogP contribution is 2.21. The molecule has 0 bridgehead atoms. The summed E-state index contributed by atoms with van der Waals surface area (Å²) in [4.78, 5) is 0. The van der Waals surface area contributed by atoms with Gasteiger partial charge in [0.2, 0.25) is 0 Å². The maximum Gasteiger partial charge on any atom is 0.118 e. The average Bonchev–Trinajstić information content (AvgIpc) is 1.93. The van der Waals surface area contributed by atoms with Gasteiger partial charge in [-0.3, -0.25) is 0 Å². The topological polar surface area (TPSA) is 55.2 Å². The van der Waals surface area contributed by atoms with E-state index in [1.165, 1.54) is 11.1 Å². The van der Waals surface area contributed by atoms with E-state index in [0.717, 1.165) is 5.56 Å². The number of phenols is 1. The zero-order valence-electron chi connectivity index (χ0n) is 7.31. The van der Waals surface area contributed by atoms with Crippen LogP contribution in [0.15, 0.2) is 12.1 Å². The van der Waals surface area contributed by atoms with Crippen molar-refractivity contribution >= 4 is 0 Å². The lowest BCUT2D eigenvalue weighted by atomic mass is 10.0. The standard InChI is InChI=1S/C9H12O.H3N/c1-6-4-5-9(10)8(3)7(6)2;/h4-5,10H,1-3H3;1H3. The lowest BCUT2D eigenvalue weighted by Gasteiger charge is -2.04. The van der Waals surface area contributed by atoms with Gasteiger partial charge in [0.05, 0.1) is 0 Å². The Morgan fingerprint density at radius 2 is 1.55 bits per heavy atom. The number of benzene rings is 1. The van der Waals surface area contributed by atoms with Crippen LogP contribution in [-0.2, 0) is 0 Å². The van der Waals surface area contributed by atoms with Gasteiger partial charge >= 0.3 is 0 Å². The minimum Gasteiger partial charge on any atom is -0.508 e. The normalized spacial score (nSPS) is 9.00. The molecule has 1 aromatic rings. The number of phenolic OH excluding ortho intramolecular Hbond substituents is 1. The number of aromatic hydroxyl groups is 1. The van der Waals surface area contributed by atoms with Crippen LogP contribution in [0.3, 0.4) is 0 Å². The summed E-state index contributed by atoms with van der Waals surface area (Å²) in [6.45, 7) is 5.99. The third kappa shape index (κ3) is 1.71. The molecule has 62 valence electrons. The van der Waals surface area contributed by atoms with Gasteiger partial charge in [-0.1, -0.05) is 6.07 Å². The Morgan fingerprint density at radius 1 is 1.00 bits per heavy atom. The van der Waals surface area contributed by atoms with E-state index in [1.54, 1.807) is 6.07 Å². The number of rotatable bonds is 0. The molecule has 0 spiro atoms. The molecule has 2 nitrogen and oxygen atoms in total. The van der Waals surface area contributed by atoms with E-state index in [9.17, 15) is 5.11 Å². The molecular weight excluding hydrogens is 138 g/mol. The van der Waals surface area contributed by atoms with Crippen molar-refractivity contribution < 1.29 is 5.11 Å². The Hall–Kier alpha value is -1.02. The second kappa shape index (κ2) is 3.39. The smallest absolute Gasteiger partial charge is 0.118 e. The van der Waals surface area contributed by atoms with Crippen molar-refractivity contribution in [3.8, 4) is 5.75 Å². The first kappa shape index (κ1) is 9.98. The summed E-state index contributed by atoms with van der Waals surface area (Å²) in [6.07, 6.45) is 0.